The summed E-state index contributed by atoms with van der Waals surface area (Å²) in [4.78, 5) is 6.71. The van der Waals surface area contributed by atoms with E-state index in [0.29, 0.717) is 0 Å². The summed E-state index contributed by atoms with van der Waals surface area (Å²) < 4.78 is 0. The van der Waals surface area contributed by atoms with Gasteiger partial charge in [0.25, 0.3) is 0 Å². The van der Waals surface area contributed by atoms with Crippen LogP contribution in [0.1, 0.15) is 37.8 Å². The number of aromatic nitrogens is 1. The van der Waals surface area contributed by atoms with Crippen LogP contribution in [0.5, 0.6) is 0 Å². The molecule has 0 aliphatic carbocycles. The van der Waals surface area contributed by atoms with E-state index < -0.39 is 0 Å². The zero-order valence-electron chi connectivity index (χ0n) is 12.6. The fraction of sp³-hybridized carbons (Fsp3) is 0.389. The number of anilines is 2. The largest absolute Gasteiger partial charge is 0.377 e. The van der Waals surface area contributed by atoms with Gasteiger partial charge in [0, 0.05) is 25.5 Å². The summed E-state index contributed by atoms with van der Waals surface area (Å²) in [7, 11) is 0. The van der Waals surface area contributed by atoms with Crippen LogP contribution >= 0.6 is 0 Å². The summed E-state index contributed by atoms with van der Waals surface area (Å²) in [5.41, 5.74) is 3.76. The van der Waals surface area contributed by atoms with Gasteiger partial charge >= 0.3 is 0 Å². The Morgan fingerprint density at radius 3 is 2.62 bits per heavy atom. The molecule has 0 amide bonds. The maximum atomic E-state index is 4.21. The second-order valence-electron chi connectivity index (χ2n) is 5.72. The molecule has 1 aromatic carbocycles. The number of pyridine rings is 1. The molecule has 1 aliphatic heterocycles. The number of hydrogen-bond acceptors (Lipinski definition) is 3. The van der Waals surface area contributed by atoms with E-state index in [1.165, 1.54) is 49.3 Å². The molecular weight excluding hydrogens is 258 g/mol. The van der Waals surface area contributed by atoms with Crippen molar-refractivity contribution < 1.29 is 0 Å². The average Bonchev–Trinajstić information content (AvgIpc) is 2.57. The van der Waals surface area contributed by atoms with Crippen molar-refractivity contribution in [3.05, 3.63) is 54.4 Å². The van der Waals surface area contributed by atoms with Gasteiger partial charge in [0.2, 0.25) is 0 Å². The zero-order chi connectivity index (χ0) is 14.5. The maximum Gasteiger partial charge on any atom is 0.0602 e. The highest BCUT2D eigenvalue weighted by Gasteiger charge is 2.15. The van der Waals surface area contributed by atoms with E-state index >= 15 is 0 Å². The van der Waals surface area contributed by atoms with Gasteiger partial charge in [0.1, 0.15) is 0 Å². The van der Waals surface area contributed by atoms with Gasteiger partial charge in [-0.3, -0.25) is 4.98 Å². The number of benzene rings is 1. The first-order valence-electron chi connectivity index (χ1n) is 7.85. The lowest BCUT2D eigenvalue weighted by atomic mass is 10.1. The summed E-state index contributed by atoms with van der Waals surface area (Å²) >= 11 is 0. The van der Waals surface area contributed by atoms with E-state index in [2.05, 4.69) is 52.5 Å². The molecule has 3 rings (SSSR count). The Morgan fingerprint density at radius 1 is 1.05 bits per heavy atom. The highest BCUT2D eigenvalue weighted by molar-refractivity contribution is 5.70. The van der Waals surface area contributed by atoms with E-state index in [4.69, 9.17) is 0 Å². The number of para-hydroxylation sites is 2. The number of nitrogens with zero attached hydrogens (tertiary/aromatic N) is 2. The zero-order valence-corrected chi connectivity index (χ0v) is 12.6. The van der Waals surface area contributed by atoms with Crippen molar-refractivity contribution >= 4 is 11.4 Å². The lowest BCUT2D eigenvalue weighted by Crippen LogP contribution is -2.30. The topological polar surface area (TPSA) is 28.2 Å². The summed E-state index contributed by atoms with van der Waals surface area (Å²) in [5.74, 6) is 0. The fourth-order valence-corrected chi connectivity index (χ4v) is 2.95. The second-order valence-corrected chi connectivity index (χ2v) is 5.72. The predicted molar refractivity (Wildman–Crippen MR) is 88.8 cm³/mol. The molecule has 0 saturated carbocycles. The predicted octanol–water partition coefficient (Wildman–Crippen LogP) is 4.25. The molecule has 1 N–H and O–H groups in total. The van der Waals surface area contributed by atoms with Crippen molar-refractivity contribution in [2.24, 2.45) is 0 Å². The minimum absolute atomic E-state index is 0.254. The van der Waals surface area contributed by atoms with E-state index in [1.54, 1.807) is 0 Å². The van der Waals surface area contributed by atoms with E-state index in [0.717, 1.165) is 0 Å². The highest BCUT2D eigenvalue weighted by Crippen LogP contribution is 2.30. The highest BCUT2D eigenvalue weighted by atomic mass is 15.1. The molecule has 2 heterocycles. The van der Waals surface area contributed by atoms with E-state index in [1.807, 2.05) is 18.5 Å². The molecule has 1 aromatic heterocycles. The van der Waals surface area contributed by atoms with Crippen molar-refractivity contribution in [2.45, 2.75) is 32.2 Å². The van der Waals surface area contributed by atoms with Crippen molar-refractivity contribution in [2.75, 3.05) is 23.3 Å². The van der Waals surface area contributed by atoms with Gasteiger partial charge in [-0.2, -0.15) is 0 Å². The quantitative estimate of drug-likeness (QED) is 0.908. The molecule has 0 radical (unpaired) electrons. The summed E-state index contributed by atoms with van der Waals surface area (Å²) in [6, 6.07) is 13.0. The Hall–Kier alpha value is -2.03. The smallest absolute Gasteiger partial charge is 0.0602 e. The maximum absolute atomic E-state index is 4.21. The van der Waals surface area contributed by atoms with Crippen LogP contribution in [0.2, 0.25) is 0 Å². The lowest BCUT2D eigenvalue weighted by molar-refractivity contribution is 0.578. The standard InChI is InChI=1S/C18H23N3/c1-15(16-8-7-11-19-14-16)20-17-9-3-4-10-18(17)21-12-5-2-6-13-21/h3-4,7-11,14-15,20H,2,5-6,12-13H2,1H3. The molecule has 2 aromatic rings. The van der Waals surface area contributed by atoms with Crippen molar-refractivity contribution in [1.82, 2.24) is 4.98 Å². The molecule has 21 heavy (non-hydrogen) atoms. The molecule has 3 heteroatoms. The van der Waals surface area contributed by atoms with Gasteiger partial charge in [-0.25, -0.2) is 0 Å². The molecule has 1 atom stereocenters. The summed E-state index contributed by atoms with van der Waals surface area (Å²) in [5, 5.41) is 3.64. The lowest BCUT2D eigenvalue weighted by Gasteiger charge is -2.31. The molecule has 110 valence electrons. The summed E-state index contributed by atoms with van der Waals surface area (Å²) in [6.45, 7) is 4.52. The van der Waals surface area contributed by atoms with Crippen LogP contribution in [0.15, 0.2) is 48.8 Å². The first-order chi connectivity index (χ1) is 10.3. The third kappa shape index (κ3) is 3.35. The Morgan fingerprint density at radius 2 is 1.86 bits per heavy atom. The number of nitrogens with one attached hydrogen (secondary N) is 1. The fourth-order valence-electron chi connectivity index (χ4n) is 2.95. The average molecular weight is 281 g/mol. The van der Waals surface area contributed by atoms with Gasteiger partial charge in [0.15, 0.2) is 0 Å². The molecule has 1 saturated heterocycles. The first-order valence-corrected chi connectivity index (χ1v) is 7.85. The summed E-state index contributed by atoms with van der Waals surface area (Å²) in [6.07, 6.45) is 7.70. The van der Waals surface area contributed by atoms with Gasteiger partial charge < -0.3 is 10.2 Å². The van der Waals surface area contributed by atoms with Crippen LogP contribution in [0.3, 0.4) is 0 Å². The van der Waals surface area contributed by atoms with Crippen LogP contribution < -0.4 is 10.2 Å². The molecule has 0 bridgehead atoms. The number of rotatable bonds is 4. The van der Waals surface area contributed by atoms with E-state index in [-0.39, 0.29) is 6.04 Å². The Kier molecular flexibility index (Phi) is 4.39. The van der Waals surface area contributed by atoms with Crippen LogP contribution in [-0.2, 0) is 0 Å². The second kappa shape index (κ2) is 6.61. The van der Waals surface area contributed by atoms with Crippen LogP contribution in [0, 0.1) is 0 Å². The van der Waals surface area contributed by atoms with Crippen molar-refractivity contribution in [1.29, 1.82) is 0 Å². The first kappa shape index (κ1) is 13.9. The minimum atomic E-state index is 0.254. The molecule has 1 aliphatic rings. The van der Waals surface area contributed by atoms with Crippen LogP contribution in [0.25, 0.3) is 0 Å². The molecular formula is C18H23N3. The van der Waals surface area contributed by atoms with Gasteiger partial charge in [-0.1, -0.05) is 18.2 Å². The van der Waals surface area contributed by atoms with Crippen molar-refractivity contribution in [3.63, 3.8) is 0 Å². The monoisotopic (exact) mass is 281 g/mol. The van der Waals surface area contributed by atoms with Gasteiger partial charge in [-0.15, -0.1) is 0 Å². The van der Waals surface area contributed by atoms with Gasteiger partial charge in [-0.05, 0) is 49.9 Å². The Labute approximate surface area is 127 Å². The molecule has 1 fully saturated rings. The van der Waals surface area contributed by atoms with Crippen molar-refractivity contribution in [3.8, 4) is 0 Å². The number of hydrogen-bond donors (Lipinski definition) is 1. The SMILES string of the molecule is CC(Nc1ccccc1N1CCCCC1)c1cccnc1. The third-order valence-corrected chi connectivity index (χ3v) is 4.16. The van der Waals surface area contributed by atoms with Crippen LogP contribution in [0.4, 0.5) is 11.4 Å². The van der Waals surface area contributed by atoms with Crippen LogP contribution in [-0.4, -0.2) is 18.1 Å². The normalized spacial score (nSPS) is 16.5. The van der Waals surface area contributed by atoms with Gasteiger partial charge in [0.05, 0.1) is 17.4 Å². The molecule has 1 unspecified atom stereocenters. The Bertz CT molecular complexity index is 562. The molecule has 3 nitrogen and oxygen atoms in total. The Balaban J connectivity index is 1.79. The number of piperidine rings is 1. The minimum Gasteiger partial charge on any atom is -0.377 e. The third-order valence-electron chi connectivity index (χ3n) is 4.16. The molecule has 0 spiro atoms. The van der Waals surface area contributed by atoms with E-state index in [9.17, 15) is 0 Å².